The normalized spacial score (nSPS) is 9.88. The lowest BCUT2D eigenvalue weighted by Crippen LogP contribution is -2.25. The van der Waals surface area contributed by atoms with E-state index >= 15 is 0 Å². The molecule has 136 valence electrons. The van der Waals surface area contributed by atoms with Crippen LogP contribution in [0.15, 0.2) is 36.4 Å². The Morgan fingerprint density at radius 2 is 1.92 bits per heavy atom. The number of methoxy groups -OCH3 is 1. The van der Waals surface area contributed by atoms with Gasteiger partial charge in [0.25, 0.3) is 5.91 Å². The van der Waals surface area contributed by atoms with Gasteiger partial charge in [0.05, 0.1) is 18.7 Å². The lowest BCUT2D eigenvalue weighted by Gasteiger charge is -2.13. The summed E-state index contributed by atoms with van der Waals surface area (Å²) in [7, 11) is 1.51. The van der Waals surface area contributed by atoms with Gasteiger partial charge in [-0.1, -0.05) is 23.7 Å². The molecule has 0 aliphatic heterocycles. The number of nitrogens with one attached hydrogen (secondary N) is 1. The quantitative estimate of drug-likeness (QED) is 0.713. The molecule has 0 aromatic heterocycles. The monoisotopic (exact) mass is 384 g/mol. The predicted octanol–water partition coefficient (Wildman–Crippen LogP) is 3.72. The minimum atomic E-state index is -0.214. The minimum absolute atomic E-state index is 0. The van der Waals surface area contributed by atoms with E-state index in [4.69, 9.17) is 26.8 Å². The summed E-state index contributed by atoms with van der Waals surface area (Å²) >= 11 is 6.18. The van der Waals surface area contributed by atoms with Gasteiger partial charge in [-0.25, -0.2) is 0 Å². The van der Waals surface area contributed by atoms with Crippen LogP contribution < -0.4 is 20.5 Å². The number of ether oxygens (including phenoxy) is 2. The highest BCUT2D eigenvalue weighted by molar-refractivity contribution is 6.32. The van der Waals surface area contributed by atoms with Crippen LogP contribution in [0.4, 0.5) is 5.69 Å². The summed E-state index contributed by atoms with van der Waals surface area (Å²) in [5.74, 6) is 0.668. The van der Waals surface area contributed by atoms with Crippen molar-refractivity contribution in [3.05, 3.63) is 52.5 Å². The summed E-state index contributed by atoms with van der Waals surface area (Å²) in [5.41, 5.74) is 7.90. The maximum Gasteiger partial charge on any atom is 0.251 e. The second-order valence-electron chi connectivity index (χ2n) is 5.17. The van der Waals surface area contributed by atoms with Crippen LogP contribution in [0.5, 0.6) is 11.5 Å². The van der Waals surface area contributed by atoms with Crippen molar-refractivity contribution in [3.8, 4) is 11.5 Å². The van der Waals surface area contributed by atoms with Gasteiger partial charge in [-0.15, -0.1) is 12.4 Å². The Hall–Kier alpha value is -2.11. The fourth-order valence-electron chi connectivity index (χ4n) is 2.24. The number of halogens is 2. The van der Waals surface area contributed by atoms with E-state index in [2.05, 4.69) is 5.32 Å². The van der Waals surface area contributed by atoms with Crippen molar-refractivity contribution in [2.75, 3.05) is 26.0 Å². The largest absolute Gasteiger partial charge is 0.493 e. The maximum absolute atomic E-state index is 12.3. The summed E-state index contributed by atoms with van der Waals surface area (Å²) < 4.78 is 10.7. The Bertz CT molecular complexity index is 706. The number of benzene rings is 2. The smallest absolute Gasteiger partial charge is 0.251 e. The van der Waals surface area contributed by atoms with E-state index in [1.54, 1.807) is 12.1 Å². The summed E-state index contributed by atoms with van der Waals surface area (Å²) in [5, 5.41) is 3.21. The summed E-state index contributed by atoms with van der Waals surface area (Å²) in [6.45, 7) is 2.83. The van der Waals surface area contributed by atoms with E-state index in [9.17, 15) is 4.79 Å². The van der Waals surface area contributed by atoms with Gasteiger partial charge in [-0.05, 0) is 43.2 Å². The molecule has 2 aromatic carbocycles. The average Bonchev–Trinajstić information content (AvgIpc) is 2.58. The molecule has 0 unspecified atom stereocenters. The Morgan fingerprint density at radius 1 is 1.24 bits per heavy atom. The van der Waals surface area contributed by atoms with Crippen LogP contribution in [0.1, 0.15) is 22.8 Å². The average molecular weight is 385 g/mol. The molecule has 2 rings (SSSR count). The first-order valence-corrected chi connectivity index (χ1v) is 8.06. The number of nitrogen functional groups attached to an aromatic ring is 1. The molecule has 2 aromatic rings. The zero-order valence-corrected chi connectivity index (χ0v) is 15.7. The number of carbonyl (C=O) groups is 1. The van der Waals surface area contributed by atoms with E-state index in [0.717, 1.165) is 11.3 Å². The highest BCUT2D eigenvalue weighted by atomic mass is 35.5. The first kappa shape index (κ1) is 20.9. The van der Waals surface area contributed by atoms with Gasteiger partial charge in [-0.2, -0.15) is 0 Å². The molecule has 0 fully saturated rings. The second-order valence-corrected chi connectivity index (χ2v) is 5.58. The van der Waals surface area contributed by atoms with E-state index in [-0.39, 0.29) is 18.3 Å². The molecule has 3 N–H and O–H groups in total. The number of rotatable bonds is 7. The fraction of sp³-hybridized carbons (Fsp3) is 0.278. The van der Waals surface area contributed by atoms with Crippen LogP contribution in [0.2, 0.25) is 5.02 Å². The highest BCUT2D eigenvalue weighted by Gasteiger charge is 2.15. The molecule has 0 atom stereocenters. The molecular formula is C18H22Cl2N2O3. The molecule has 0 heterocycles. The molecule has 1 amide bonds. The first-order chi connectivity index (χ1) is 11.5. The molecule has 7 heteroatoms. The van der Waals surface area contributed by atoms with Crippen LogP contribution >= 0.6 is 24.0 Å². The number of hydrogen-bond acceptors (Lipinski definition) is 4. The van der Waals surface area contributed by atoms with Crippen LogP contribution in [-0.2, 0) is 6.42 Å². The summed E-state index contributed by atoms with van der Waals surface area (Å²) in [4.78, 5) is 12.3. The third-order valence-electron chi connectivity index (χ3n) is 3.46. The number of anilines is 1. The third kappa shape index (κ3) is 5.73. The number of amides is 1. The lowest BCUT2D eigenvalue weighted by atomic mass is 10.1. The number of hydrogen-bond donors (Lipinski definition) is 2. The molecule has 0 aliphatic rings. The molecule has 0 aliphatic carbocycles. The number of carbonyl (C=O) groups excluding carboxylic acids is 1. The van der Waals surface area contributed by atoms with Crippen molar-refractivity contribution >= 4 is 35.6 Å². The van der Waals surface area contributed by atoms with Crippen molar-refractivity contribution in [2.45, 2.75) is 13.3 Å². The molecule has 0 radical (unpaired) electrons. The topological polar surface area (TPSA) is 73.6 Å². The maximum atomic E-state index is 12.3. The van der Waals surface area contributed by atoms with Gasteiger partial charge in [0.15, 0.2) is 11.5 Å². The SMILES string of the molecule is CCOc1c(Cl)cc(C(=O)NCCc2ccc(N)cc2)cc1OC.Cl. The van der Waals surface area contributed by atoms with Crippen molar-refractivity contribution < 1.29 is 14.3 Å². The van der Waals surface area contributed by atoms with Gasteiger partial charge in [-0.3, -0.25) is 4.79 Å². The minimum Gasteiger partial charge on any atom is -0.493 e. The molecule has 0 bridgehead atoms. The highest BCUT2D eigenvalue weighted by Crippen LogP contribution is 2.36. The predicted molar refractivity (Wildman–Crippen MR) is 103 cm³/mol. The van der Waals surface area contributed by atoms with Gasteiger partial charge in [0, 0.05) is 17.8 Å². The lowest BCUT2D eigenvalue weighted by molar-refractivity contribution is 0.0953. The Morgan fingerprint density at radius 3 is 2.52 bits per heavy atom. The fourth-order valence-corrected chi connectivity index (χ4v) is 2.51. The van der Waals surface area contributed by atoms with Crippen molar-refractivity contribution in [2.24, 2.45) is 0 Å². The molecule has 0 saturated heterocycles. The molecule has 0 spiro atoms. The Kier molecular flexibility index (Phi) is 8.38. The van der Waals surface area contributed by atoms with Crippen molar-refractivity contribution in [1.82, 2.24) is 5.32 Å². The standard InChI is InChI=1S/C18H21ClN2O3.ClH/c1-3-24-17-15(19)10-13(11-16(17)23-2)18(22)21-9-8-12-4-6-14(20)7-5-12;/h4-7,10-11H,3,8-9,20H2,1-2H3,(H,21,22);1H. The van der Waals surface area contributed by atoms with Crippen molar-refractivity contribution in [3.63, 3.8) is 0 Å². The summed E-state index contributed by atoms with van der Waals surface area (Å²) in [6, 6.07) is 10.8. The van der Waals surface area contributed by atoms with E-state index in [1.807, 2.05) is 31.2 Å². The molecule has 25 heavy (non-hydrogen) atoms. The van der Waals surface area contributed by atoms with Gasteiger partial charge in [0.2, 0.25) is 0 Å². The Balaban J connectivity index is 0.00000312. The zero-order chi connectivity index (χ0) is 17.5. The van der Waals surface area contributed by atoms with Crippen LogP contribution in [-0.4, -0.2) is 26.2 Å². The van der Waals surface area contributed by atoms with E-state index in [0.29, 0.717) is 41.7 Å². The van der Waals surface area contributed by atoms with Gasteiger partial charge in [0.1, 0.15) is 0 Å². The number of nitrogens with two attached hydrogens (primary N) is 1. The zero-order valence-electron chi connectivity index (χ0n) is 14.2. The van der Waals surface area contributed by atoms with Gasteiger partial charge < -0.3 is 20.5 Å². The van der Waals surface area contributed by atoms with Crippen LogP contribution in [0.25, 0.3) is 0 Å². The van der Waals surface area contributed by atoms with Crippen LogP contribution in [0.3, 0.4) is 0 Å². The third-order valence-corrected chi connectivity index (χ3v) is 3.74. The van der Waals surface area contributed by atoms with Crippen molar-refractivity contribution in [1.29, 1.82) is 0 Å². The Labute approximate surface area is 158 Å². The van der Waals surface area contributed by atoms with E-state index in [1.165, 1.54) is 7.11 Å². The molecular weight excluding hydrogens is 363 g/mol. The van der Waals surface area contributed by atoms with E-state index < -0.39 is 0 Å². The molecule has 5 nitrogen and oxygen atoms in total. The summed E-state index contributed by atoms with van der Waals surface area (Å²) in [6.07, 6.45) is 0.716. The first-order valence-electron chi connectivity index (χ1n) is 7.68. The second kappa shape index (κ2) is 10.0. The van der Waals surface area contributed by atoms with Gasteiger partial charge >= 0.3 is 0 Å². The van der Waals surface area contributed by atoms with Crippen LogP contribution in [0, 0.1) is 0 Å². The molecule has 0 saturated carbocycles.